The Balaban J connectivity index is 0.00000342. The molecule has 1 aliphatic rings. The molecule has 0 amide bonds. The maximum Gasteiger partial charge on any atom is 0.329 e. The average molecular weight is 502 g/mol. The van der Waals surface area contributed by atoms with E-state index in [4.69, 9.17) is 14.2 Å². The molecule has 0 atom stereocenters. The van der Waals surface area contributed by atoms with Crippen LogP contribution in [0.15, 0.2) is 36.5 Å². The van der Waals surface area contributed by atoms with Crippen LogP contribution in [0.3, 0.4) is 0 Å². The Kier molecular flexibility index (Phi) is 7.92. The van der Waals surface area contributed by atoms with E-state index in [1.54, 1.807) is 18.2 Å². The van der Waals surface area contributed by atoms with E-state index in [9.17, 15) is 14.9 Å². The van der Waals surface area contributed by atoms with Crippen LogP contribution in [-0.2, 0) is 17.6 Å². The van der Waals surface area contributed by atoms with E-state index in [0.29, 0.717) is 41.5 Å². The maximum atomic E-state index is 12.0. The Hall–Kier alpha value is -4.12. The lowest BCUT2D eigenvalue weighted by molar-refractivity contribution is -0.384. The highest BCUT2D eigenvalue weighted by Crippen LogP contribution is 2.40. The van der Waals surface area contributed by atoms with Crippen molar-refractivity contribution in [2.75, 3.05) is 32.0 Å². The number of ether oxygens (including phenoxy) is 3. The first kappa shape index (κ1) is 25.5. The van der Waals surface area contributed by atoms with Crippen LogP contribution < -0.4 is 24.8 Å². The van der Waals surface area contributed by atoms with Crippen molar-refractivity contribution in [2.24, 2.45) is 0 Å². The number of benzene rings is 2. The van der Waals surface area contributed by atoms with Crippen molar-refractivity contribution < 1.29 is 23.9 Å². The summed E-state index contributed by atoms with van der Waals surface area (Å²) in [5.41, 5.74) is 2.70. The smallest absolute Gasteiger partial charge is 0.329 e. The van der Waals surface area contributed by atoms with E-state index in [1.165, 1.54) is 21.3 Å². The largest absolute Gasteiger partial charge is 0.493 e. The summed E-state index contributed by atoms with van der Waals surface area (Å²) in [6.45, 7) is 0. The van der Waals surface area contributed by atoms with E-state index >= 15 is 0 Å². The molecule has 2 N–H and O–H groups in total. The zero-order valence-corrected chi connectivity index (χ0v) is 20.1. The zero-order valence-electron chi connectivity index (χ0n) is 19.3. The molecule has 2 aromatic carbocycles. The fourth-order valence-corrected chi connectivity index (χ4v) is 3.83. The Labute approximate surface area is 207 Å². The molecular weight excluding hydrogens is 478 g/mol. The Morgan fingerprint density at radius 1 is 1.03 bits per heavy atom. The fourth-order valence-electron chi connectivity index (χ4n) is 3.83. The van der Waals surface area contributed by atoms with E-state index in [0.717, 1.165) is 17.3 Å². The average Bonchev–Trinajstić information content (AvgIpc) is 2.83. The number of halogens is 1. The van der Waals surface area contributed by atoms with Crippen molar-refractivity contribution >= 4 is 47.0 Å². The number of carbonyl (C=O) groups excluding carboxylic acids is 1. The van der Waals surface area contributed by atoms with Gasteiger partial charge in [0.15, 0.2) is 11.5 Å². The Bertz CT molecular complexity index is 1240. The first-order valence-electron chi connectivity index (χ1n) is 10.4. The maximum absolute atomic E-state index is 12.0. The second-order valence-corrected chi connectivity index (χ2v) is 7.51. The van der Waals surface area contributed by atoms with Crippen LogP contribution in [0.5, 0.6) is 17.2 Å². The third-order valence-corrected chi connectivity index (χ3v) is 5.46. The topological polar surface area (TPSA) is 138 Å². The van der Waals surface area contributed by atoms with Gasteiger partial charge in [0.05, 0.1) is 26.3 Å². The molecule has 12 heteroatoms. The molecule has 1 heterocycles. The summed E-state index contributed by atoms with van der Waals surface area (Å²) < 4.78 is 16.0. The second kappa shape index (κ2) is 10.9. The number of Topliss-reactive ketones (excluding diaryl/α,β-unsaturated/α-hetero) is 1. The van der Waals surface area contributed by atoms with Crippen LogP contribution >= 0.6 is 12.4 Å². The number of nitrogens with zero attached hydrogens (tertiary/aromatic N) is 3. The minimum Gasteiger partial charge on any atom is -0.493 e. The summed E-state index contributed by atoms with van der Waals surface area (Å²) >= 11 is 0. The lowest BCUT2D eigenvalue weighted by atomic mass is 9.89. The van der Waals surface area contributed by atoms with Gasteiger partial charge in [0.2, 0.25) is 17.5 Å². The molecule has 1 aromatic heterocycles. The number of hydrogen-bond donors (Lipinski definition) is 2. The fraction of sp³-hybridized carbons (Fsp3) is 0.261. The normalized spacial score (nSPS) is 12.1. The van der Waals surface area contributed by atoms with Crippen LogP contribution in [0.4, 0.5) is 28.8 Å². The summed E-state index contributed by atoms with van der Waals surface area (Å²) in [5.74, 6) is 1.51. The molecule has 3 aromatic rings. The molecule has 11 nitrogen and oxygen atoms in total. The standard InChI is InChI=1S/C23H23N5O6.ClH/c1-32-19-9-14(10-20(33-2)21(19)34-3)25-23-24-12-18(28(30)31)22(27-23)26-17-6-4-5-13-7-8-15(29)11-16(13)17;/h4-6,9-10,12H,7-8,11H2,1-3H3,(H2,24,25,26,27);1H. The molecule has 4 rings (SSSR count). The van der Waals surface area contributed by atoms with Crippen molar-refractivity contribution in [1.29, 1.82) is 0 Å². The van der Waals surface area contributed by atoms with Crippen LogP contribution in [0, 0.1) is 10.1 Å². The summed E-state index contributed by atoms with van der Waals surface area (Å²) in [6.07, 6.45) is 2.53. The molecule has 0 saturated carbocycles. The van der Waals surface area contributed by atoms with Gasteiger partial charge >= 0.3 is 5.69 Å². The van der Waals surface area contributed by atoms with Gasteiger partial charge in [0.1, 0.15) is 12.0 Å². The van der Waals surface area contributed by atoms with Gasteiger partial charge in [0, 0.05) is 36.3 Å². The molecular formula is C23H24ClN5O6. The van der Waals surface area contributed by atoms with Gasteiger partial charge in [-0.3, -0.25) is 14.9 Å². The molecule has 0 spiro atoms. The molecule has 0 bridgehead atoms. The first-order valence-corrected chi connectivity index (χ1v) is 10.4. The molecule has 184 valence electrons. The molecule has 0 radical (unpaired) electrons. The number of aromatic nitrogens is 2. The second-order valence-electron chi connectivity index (χ2n) is 7.51. The lowest BCUT2D eigenvalue weighted by Crippen LogP contribution is -2.15. The van der Waals surface area contributed by atoms with E-state index in [2.05, 4.69) is 20.6 Å². The zero-order chi connectivity index (χ0) is 24.2. The van der Waals surface area contributed by atoms with Crippen LogP contribution in [0.25, 0.3) is 0 Å². The highest BCUT2D eigenvalue weighted by atomic mass is 35.5. The number of aryl methyl sites for hydroxylation is 1. The monoisotopic (exact) mass is 501 g/mol. The van der Waals surface area contributed by atoms with Crippen LogP contribution in [0.2, 0.25) is 0 Å². The number of anilines is 4. The number of fused-ring (bicyclic) bond motifs is 1. The number of nitrogens with one attached hydrogen (secondary N) is 2. The molecule has 0 saturated heterocycles. The molecule has 1 aliphatic carbocycles. The first-order chi connectivity index (χ1) is 16.4. The van der Waals surface area contributed by atoms with Crippen molar-refractivity contribution in [3.63, 3.8) is 0 Å². The van der Waals surface area contributed by atoms with Gasteiger partial charge in [-0.15, -0.1) is 12.4 Å². The van der Waals surface area contributed by atoms with Crippen molar-refractivity contribution in [3.8, 4) is 17.2 Å². The summed E-state index contributed by atoms with van der Waals surface area (Å²) in [7, 11) is 4.49. The molecule has 0 fully saturated rings. The highest BCUT2D eigenvalue weighted by molar-refractivity contribution is 5.86. The number of methoxy groups -OCH3 is 3. The van der Waals surface area contributed by atoms with Gasteiger partial charge in [-0.1, -0.05) is 12.1 Å². The third kappa shape index (κ3) is 5.35. The van der Waals surface area contributed by atoms with E-state index in [-0.39, 0.29) is 42.1 Å². The predicted octanol–water partition coefficient (Wildman–Crippen LogP) is 4.38. The Morgan fingerprint density at radius 3 is 2.37 bits per heavy atom. The molecule has 0 aliphatic heterocycles. The Morgan fingerprint density at radius 2 is 1.74 bits per heavy atom. The van der Waals surface area contributed by atoms with Crippen molar-refractivity contribution in [3.05, 3.63) is 57.8 Å². The summed E-state index contributed by atoms with van der Waals surface area (Å²) in [4.78, 5) is 31.5. The van der Waals surface area contributed by atoms with E-state index < -0.39 is 4.92 Å². The SMILES string of the molecule is COc1cc(Nc2ncc([N+](=O)[O-])c(Nc3cccc4c3CC(=O)CC4)n2)cc(OC)c1OC.Cl. The quantitative estimate of drug-likeness (QED) is 0.337. The minimum atomic E-state index is -0.563. The van der Waals surface area contributed by atoms with E-state index in [1.807, 2.05) is 12.1 Å². The third-order valence-electron chi connectivity index (χ3n) is 5.46. The number of hydrogen-bond acceptors (Lipinski definition) is 10. The lowest BCUT2D eigenvalue weighted by Gasteiger charge is -2.19. The van der Waals surface area contributed by atoms with Gasteiger partial charge in [-0.25, -0.2) is 4.98 Å². The minimum absolute atomic E-state index is 0. The number of ketones is 1. The summed E-state index contributed by atoms with van der Waals surface area (Å²) in [5, 5.41) is 17.7. The van der Waals surface area contributed by atoms with Gasteiger partial charge in [0.25, 0.3) is 0 Å². The summed E-state index contributed by atoms with van der Waals surface area (Å²) in [6, 6.07) is 8.91. The van der Waals surface area contributed by atoms with Crippen LogP contribution in [0.1, 0.15) is 17.5 Å². The van der Waals surface area contributed by atoms with Crippen molar-refractivity contribution in [1.82, 2.24) is 9.97 Å². The number of rotatable bonds is 8. The van der Waals surface area contributed by atoms with Gasteiger partial charge in [-0.2, -0.15) is 4.98 Å². The predicted molar refractivity (Wildman–Crippen MR) is 132 cm³/mol. The van der Waals surface area contributed by atoms with Gasteiger partial charge < -0.3 is 24.8 Å². The number of nitro groups is 1. The molecule has 35 heavy (non-hydrogen) atoms. The van der Waals surface area contributed by atoms with Gasteiger partial charge in [-0.05, 0) is 23.6 Å². The van der Waals surface area contributed by atoms with Crippen LogP contribution in [-0.4, -0.2) is 42.0 Å². The van der Waals surface area contributed by atoms with Crippen molar-refractivity contribution in [2.45, 2.75) is 19.3 Å². The highest BCUT2D eigenvalue weighted by Gasteiger charge is 2.23. The molecule has 0 unspecified atom stereocenters. The number of carbonyl (C=O) groups is 1.